The van der Waals surface area contributed by atoms with Gasteiger partial charge in [-0.3, -0.25) is 9.59 Å². The van der Waals surface area contributed by atoms with E-state index in [0.29, 0.717) is 26.1 Å². The number of carbonyl (C=O) groups is 2. The summed E-state index contributed by atoms with van der Waals surface area (Å²) >= 11 is 0. The molecule has 68 heavy (non-hydrogen) atoms. The summed E-state index contributed by atoms with van der Waals surface area (Å²) in [5.41, 5.74) is 0. The normalized spacial score (nSPS) is 11.2. The molecule has 0 spiro atoms. The predicted molar refractivity (Wildman–Crippen MR) is 303 cm³/mol. The zero-order valence-corrected chi connectivity index (χ0v) is 47.6. The number of rotatable bonds is 58. The van der Waals surface area contributed by atoms with E-state index in [2.05, 4.69) is 27.7 Å². The van der Waals surface area contributed by atoms with E-state index < -0.39 is 0 Å². The van der Waals surface area contributed by atoms with Crippen molar-refractivity contribution < 1.29 is 19.1 Å². The summed E-state index contributed by atoms with van der Waals surface area (Å²) < 4.78 is 10.8. The highest BCUT2D eigenvalue weighted by atomic mass is 16.5. The predicted octanol–water partition coefficient (Wildman–Crippen LogP) is 23.0. The summed E-state index contributed by atoms with van der Waals surface area (Å²) in [4.78, 5) is 23.7. The van der Waals surface area contributed by atoms with Crippen LogP contribution in [0, 0.1) is 0 Å². The SMILES string of the molecule is CCCCCCCCCCCCCCCCCCCCCC(=O)OCCCCCCCCCCCCCC.CCCCCCCCCCCCCCOC(=O)CCCCCCCCCCCCC. The maximum atomic E-state index is 11.9. The lowest BCUT2D eigenvalue weighted by atomic mass is 10.0. The van der Waals surface area contributed by atoms with Crippen molar-refractivity contribution in [3.05, 3.63) is 0 Å². The zero-order chi connectivity index (χ0) is 49.6. The molecular formula is C64H128O4. The van der Waals surface area contributed by atoms with E-state index in [4.69, 9.17) is 9.47 Å². The lowest BCUT2D eigenvalue weighted by Crippen LogP contribution is -2.05. The standard InChI is InChI=1S/C36H72O2.C28H56O2/c1-3-5-7-9-11-13-15-17-18-19-20-21-22-23-24-26-28-30-32-34-36(37)38-35-33-31-29-27-25-16-14-12-10-8-6-4-2;1-3-5-7-9-11-13-15-17-19-21-23-25-27-30-28(29)26-24-22-20-18-16-14-12-10-8-6-4-2/h3-35H2,1-2H3;3-27H2,1-2H3. The first-order chi connectivity index (χ1) is 33.6. The van der Waals surface area contributed by atoms with Crippen LogP contribution in [0.4, 0.5) is 0 Å². The van der Waals surface area contributed by atoms with Crippen LogP contribution in [0.25, 0.3) is 0 Å². The van der Waals surface area contributed by atoms with Crippen LogP contribution in [0.5, 0.6) is 0 Å². The Bertz CT molecular complexity index is 902. The molecule has 4 heteroatoms. The van der Waals surface area contributed by atoms with Crippen molar-refractivity contribution in [3.63, 3.8) is 0 Å². The Labute approximate surface area is 429 Å². The zero-order valence-electron chi connectivity index (χ0n) is 47.6. The van der Waals surface area contributed by atoms with Crippen LogP contribution in [-0.4, -0.2) is 25.2 Å². The average molecular weight is 962 g/mol. The number of esters is 2. The Kier molecular flexibility index (Phi) is 66.9. The van der Waals surface area contributed by atoms with Crippen molar-refractivity contribution in [1.82, 2.24) is 0 Å². The van der Waals surface area contributed by atoms with Crippen molar-refractivity contribution >= 4 is 11.9 Å². The van der Waals surface area contributed by atoms with Gasteiger partial charge in [0.2, 0.25) is 0 Å². The van der Waals surface area contributed by atoms with E-state index in [-0.39, 0.29) is 11.9 Å². The first-order valence-electron chi connectivity index (χ1n) is 31.9. The molecule has 0 N–H and O–H groups in total. The molecule has 0 aliphatic rings. The molecule has 0 aliphatic carbocycles. The lowest BCUT2D eigenvalue weighted by Gasteiger charge is -2.06. The van der Waals surface area contributed by atoms with Crippen LogP contribution in [0.3, 0.4) is 0 Å². The number of hydrogen-bond donors (Lipinski definition) is 0. The Balaban J connectivity index is 0. The monoisotopic (exact) mass is 961 g/mol. The Hall–Kier alpha value is -1.06. The summed E-state index contributed by atoms with van der Waals surface area (Å²) in [5, 5.41) is 0. The number of carbonyl (C=O) groups excluding carboxylic acids is 2. The second-order valence-corrected chi connectivity index (χ2v) is 21.6. The van der Waals surface area contributed by atoms with Crippen molar-refractivity contribution in [3.8, 4) is 0 Å². The molecule has 0 aromatic rings. The van der Waals surface area contributed by atoms with Crippen molar-refractivity contribution in [2.75, 3.05) is 13.2 Å². The summed E-state index contributed by atoms with van der Waals surface area (Å²) in [6.45, 7) is 10.4. The molecule has 0 radical (unpaired) electrons. The smallest absolute Gasteiger partial charge is 0.305 e. The van der Waals surface area contributed by atoms with Crippen molar-refractivity contribution in [2.45, 2.75) is 387 Å². The second-order valence-electron chi connectivity index (χ2n) is 21.6. The molecule has 0 saturated carbocycles. The van der Waals surface area contributed by atoms with E-state index in [1.165, 1.54) is 321 Å². The van der Waals surface area contributed by atoms with Crippen LogP contribution >= 0.6 is 0 Å². The average Bonchev–Trinajstić information content (AvgIpc) is 3.34. The summed E-state index contributed by atoms with van der Waals surface area (Å²) in [6.07, 6.45) is 74.4. The highest BCUT2D eigenvalue weighted by molar-refractivity contribution is 5.69. The number of hydrogen-bond acceptors (Lipinski definition) is 4. The molecule has 0 saturated heterocycles. The topological polar surface area (TPSA) is 52.6 Å². The third-order valence-corrected chi connectivity index (χ3v) is 14.5. The molecule has 0 aromatic heterocycles. The van der Waals surface area contributed by atoms with E-state index in [1.807, 2.05) is 0 Å². The fourth-order valence-corrected chi connectivity index (χ4v) is 9.68. The van der Waals surface area contributed by atoms with Crippen LogP contribution in [-0.2, 0) is 19.1 Å². The maximum Gasteiger partial charge on any atom is 0.305 e. The number of ether oxygens (including phenoxy) is 2. The molecule has 0 amide bonds. The van der Waals surface area contributed by atoms with Gasteiger partial charge in [0.05, 0.1) is 13.2 Å². The highest BCUT2D eigenvalue weighted by Crippen LogP contribution is 2.17. The van der Waals surface area contributed by atoms with E-state index >= 15 is 0 Å². The van der Waals surface area contributed by atoms with Gasteiger partial charge in [0, 0.05) is 12.8 Å². The molecule has 4 nitrogen and oxygen atoms in total. The van der Waals surface area contributed by atoms with Gasteiger partial charge in [-0.25, -0.2) is 0 Å². The summed E-state index contributed by atoms with van der Waals surface area (Å²) in [6, 6.07) is 0. The fourth-order valence-electron chi connectivity index (χ4n) is 9.68. The highest BCUT2D eigenvalue weighted by Gasteiger charge is 2.05. The fraction of sp³-hybridized carbons (Fsp3) is 0.969. The van der Waals surface area contributed by atoms with Crippen LogP contribution in [0.2, 0.25) is 0 Å². The van der Waals surface area contributed by atoms with Gasteiger partial charge >= 0.3 is 11.9 Å². The molecule has 0 fully saturated rings. The van der Waals surface area contributed by atoms with Gasteiger partial charge in [-0.1, -0.05) is 349 Å². The van der Waals surface area contributed by atoms with Gasteiger partial charge in [-0.05, 0) is 25.7 Å². The minimum atomic E-state index is 0.0222. The summed E-state index contributed by atoms with van der Waals surface area (Å²) in [5.74, 6) is 0.0500. The largest absolute Gasteiger partial charge is 0.466 e. The third-order valence-electron chi connectivity index (χ3n) is 14.5. The molecule has 0 atom stereocenters. The molecule has 0 heterocycles. The van der Waals surface area contributed by atoms with Gasteiger partial charge in [0.15, 0.2) is 0 Å². The first kappa shape index (κ1) is 69.0. The quantitative estimate of drug-likeness (QED) is 0.0450. The first-order valence-corrected chi connectivity index (χ1v) is 31.9. The van der Waals surface area contributed by atoms with Gasteiger partial charge in [0.1, 0.15) is 0 Å². The van der Waals surface area contributed by atoms with Crippen LogP contribution < -0.4 is 0 Å². The van der Waals surface area contributed by atoms with Gasteiger partial charge in [-0.15, -0.1) is 0 Å². The molecular weight excluding hydrogens is 833 g/mol. The Morgan fingerprint density at radius 3 is 0.485 bits per heavy atom. The van der Waals surface area contributed by atoms with Gasteiger partial charge < -0.3 is 9.47 Å². The minimum absolute atomic E-state index is 0.0222. The van der Waals surface area contributed by atoms with Gasteiger partial charge in [-0.2, -0.15) is 0 Å². The summed E-state index contributed by atoms with van der Waals surface area (Å²) in [7, 11) is 0. The van der Waals surface area contributed by atoms with Crippen molar-refractivity contribution in [2.24, 2.45) is 0 Å². The third kappa shape index (κ3) is 67.0. The molecule has 0 aromatic carbocycles. The second kappa shape index (κ2) is 65.9. The maximum absolute atomic E-state index is 11.9. The molecule has 408 valence electrons. The van der Waals surface area contributed by atoms with Crippen LogP contribution in [0.15, 0.2) is 0 Å². The Morgan fingerprint density at radius 1 is 0.191 bits per heavy atom. The lowest BCUT2D eigenvalue weighted by molar-refractivity contribution is -0.144. The molecule has 0 rings (SSSR count). The minimum Gasteiger partial charge on any atom is -0.466 e. The Morgan fingerprint density at radius 2 is 0.324 bits per heavy atom. The van der Waals surface area contributed by atoms with Crippen molar-refractivity contribution in [1.29, 1.82) is 0 Å². The van der Waals surface area contributed by atoms with E-state index in [0.717, 1.165) is 25.7 Å². The molecule has 0 unspecified atom stereocenters. The van der Waals surface area contributed by atoms with Gasteiger partial charge in [0.25, 0.3) is 0 Å². The van der Waals surface area contributed by atoms with Crippen LogP contribution in [0.1, 0.15) is 387 Å². The van der Waals surface area contributed by atoms with E-state index in [9.17, 15) is 9.59 Å². The number of unbranched alkanes of at least 4 members (excludes halogenated alkanes) is 50. The molecule has 0 aliphatic heterocycles. The molecule has 0 bridgehead atoms. The van der Waals surface area contributed by atoms with E-state index in [1.54, 1.807) is 0 Å².